The lowest BCUT2D eigenvalue weighted by molar-refractivity contribution is 0.0962. The lowest BCUT2D eigenvalue weighted by atomic mass is 10.2. The Morgan fingerprint density at radius 2 is 2.06 bits per heavy atom. The maximum Gasteiger partial charge on any atom is 0.262 e. The number of carbonyl (C=O) groups excluding carboxylic acids is 1. The summed E-state index contributed by atoms with van der Waals surface area (Å²) in [6.45, 7) is 2.30. The lowest BCUT2D eigenvalue weighted by Gasteiger charge is -1.99. The van der Waals surface area contributed by atoms with Crippen LogP contribution in [0.1, 0.15) is 20.8 Å². The van der Waals surface area contributed by atoms with Crippen LogP contribution in [-0.4, -0.2) is 12.5 Å². The molecule has 0 saturated heterocycles. The van der Waals surface area contributed by atoms with Gasteiger partial charge in [-0.1, -0.05) is 30.0 Å². The van der Waals surface area contributed by atoms with E-state index in [-0.39, 0.29) is 5.91 Å². The second kappa shape index (κ2) is 6.04. The first kappa shape index (κ1) is 12.4. The Labute approximate surface area is 111 Å². The van der Waals surface area contributed by atoms with Gasteiger partial charge in [0.05, 0.1) is 11.4 Å². The normalized spacial score (nSPS) is 9.39. The third kappa shape index (κ3) is 3.22. The molecule has 1 heterocycles. The van der Waals surface area contributed by atoms with E-state index in [1.54, 1.807) is 0 Å². The second-order valence-electron chi connectivity index (χ2n) is 3.78. The molecule has 0 unspecified atom stereocenters. The molecule has 1 N–H and O–H groups in total. The van der Waals surface area contributed by atoms with Gasteiger partial charge in [0, 0.05) is 5.56 Å². The molecule has 3 heteroatoms. The smallest absolute Gasteiger partial charge is 0.262 e. The summed E-state index contributed by atoms with van der Waals surface area (Å²) in [7, 11) is 0. The SMILES string of the molecule is Cc1ccsc1C(=O)NCC#Cc1ccccc1. The molecule has 0 saturated carbocycles. The minimum atomic E-state index is -0.0511. The summed E-state index contributed by atoms with van der Waals surface area (Å²) in [5.41, 5.74) is 1.97. The van der Waals surface area contributed by atoms with Crippen LogP contribution in [0.5, 0.6) is 0 Å². The molecule has 2 nitrogen and oxygen atoms in total. The van der Waals surface area contributed by atoms with Crippen molar-refractivity contribution in [2.24, 2.45) is 0 Å². The standard InChI is InChI=1S/C15H13NOS/c1-12-9-11-18-14(12)15(17)16-10-5-8-13-6-3-2-4-7-13/h2-4,6-7,9,11H,10H2,1H3,(H,16,17). The van der Waals surface area contributed by atoms with Crippen LogP contribution in [-0.2, 0) is 0 Å². The summed E-state index contributed by atoms with van der Waals surface area (Å²) in [6.07, 6.45) is 0. The highest BCUT2D eigenvalue weighted by Gasteiger charge is 2.08. The summed E-state index contributed by atoms with van der Waals surface area (Å²) in [5.74, 6) is 5.88. The summed E-state index contributed by atoms with van der Waals surface area (Å²) in [5, 5.41) is 4.71. The Morgan fingerprint density at radius 1 is 1.28 bits per heavy atom. The highest BCUT2D eigenvalue weighted by atomic mass is 32.1. The van der Waals surface area contributed by atoms with E-state index in [1.807, 2.05) is 48.7 Å². The van der Waals surface area contributed by atoms with E-state index in [0.29, 0.717) is 6.54 Å². The Kier molecular flexibility index (Phi) is 4.16. The van der Waals surface area contributed by atoms with Gasteiger partial charge in [-0.25, -0.2) is 0 Å². The predicted octanol–water partition coefficient (Wildman–Crippen LogP) is 2.84. The number of hydrogen-bond donors (Lipinski definition) is 1. The van der Waals surface area contributed by atoms with Crippen LogP contribution in [0.3, 0.4) is 0 Å². The van der Waals surface area contributed by atoms with E-state index in [0.717, 1.165) is 16.0 Å². The highest BCUT2D eigenvalue weighted by molar-refractivity contribution is 7.12. The van der Waals surface area contributed by atoms with Gasteiger partial charge in [-0.15, -0.1) is 11.3 Å². The van der Waals surface area contributed by atoms with E-state index >= 15 is 0 Å². The summed E-state index contributed by atoms with van der Waals surface area (Å²) in [6, 6.07) is 11.7. The van der Waals surface area contributed by atoms with Gasteiger partial charge in [0.2, 0.25) is 0 Å². The van der Waals surface area contributed by atoms with Crippen molar-refractivity contribution in [2.45, 2.75) is 6.92 Å². The minimum absolute atomic E-state index is 0.0511. The molecule has 1 amide bonds. The first-order chi connectivity index (χ1) is 8.77. The van der Waals surface area contributed by atoms with Crippen LogP contribution in [0.25, 0.3) is 0 Å². The third-order valence-corrected chi connectivity index (χ3v) is 3.43. The minimum Gasteiger partial charge on any atom is -0.340 e. The molecule has 0 bridgehead atoms. The van der Waals surface area contributed by atoms with Crippen LogP contribution in [0.15, 0.2) is 41.8 Å². The quantitative estimate of drug-likeness (QED) is 0.821. The number of benzene rings is 1. The predicted molar refractivity (Wildman–Crippen MR) is 74.7 cm³/mol. The average Bonchev–Trinajstić information content (AvgIpc) is 2.82. The fraction of sp³-hybridized carbons (Fsp3) is 0.133. The zero-order chi connectivity index (χ0) is 12.8. The molecule has 90 valence electrons. The monoisotopic (exact) mass is 255 g/mol. The zero-order valence-corrected chi connectivity index (χ0v) is 10.9. The molecule has 0 radical (unpaired) electrons. The summed E-state index contributed by atoms with van der Waals surface area (Å²) in [4.78, 5) is 12.5. The maximum atomic E-state index is 11.8. The Hall–Kier alpha value is -2.05. The lowest BCUT2D eigenvalue weighted by Crippen LogP contribution is -2.23. The van der Waals surface area contributed by atoms with Crippen LogP contribution in [0.2, 0.25) is 0 Å². The van der Waals surface area contributed by atoms with Gasteiger partial charge in [-0.2, -0.15) is 0 Å². The highest BCUT2D eigenvalue weighted by Crippen LogP contribution is 2.14. The van der Waals surface area contributed by atoms with Gasteiger partial charge in [0.1, 0.15) is 0 Å². The molecule has 1 aromatic heterocycles. The number of nitrogens with one attached hydrogen (secondary N) is 1. The summed E-state index contributed by atoms with van der Waals surface area (Å²) < 4.78 is 0. The maximum absolute atomic E-state index is 11.8. The van der Waals surface area contributed by atoms with Crippen LogP contribution in [0, 0.1) is 18.8 Å². The molecule has 0 spiro atoms. The van der Waals surface area contributed by atoms with E-state index in [2.05, 4.69) is 17.2 Å². The molecule has 0 aliphatic heterocycles. The zero-order valence-electron chi connectivity index (χ0n) is 10.1. The molecular weight excluding hydrogens is 242 g/mol. The number of aryl methyl sites for hydroxylation is 1. The van der Waals surface area contributed by atoms with Gasteiger partial charge >= 0.3 is 0 Å². The van der Waals surface area contributed by atoms with E-state index in [9.17, 15) is 4.79 Å². The molecule has 1 aromatic carbocycles. The van der Waals surface area contributed by atoms with Crippen molar-refractivity contribution in [3.05, 3.63) is 57.8 Å². The molecule has 0 aliphatic carbocycles. The number of thiophene rings is 1. The van der Waals surface area contributed by atoms with Gasteiger partial charge in [-0.3, -0.25) is 4.79 Å². The van der Waals surface area contributed by atoms with Gasteiger partial charge in [-0.05, 0) is 36.1 Å². The fourth-order valence-electron chi connectivity index (χ4n) is 1.48. The summed E-state index contributed by atoms with van der Waals surface area (Å²) >= 11 is 1.45. The second-order valence-corrected chi connectivity index (χ2v) is 4.70. The first-order valence-electron chi connectivity index (χ1n) is 5.63. The third-order valence-electron chi connectivity index (χ3n) is 2.41. The van der Waals surface area contributed by atoms with Crippen molar-refractivity contribution in [1.82, 2.24) is 5.32 Å². The molecular formula is C15H13NOS. The van der Waals surface area contributed by atoms with Crippen molar-refractivity contribution in [3.63, 3.8) is 0 Å². The van der Waals surface area contributed by atoms with Gasteiger partial charge in [0.25, 0.3) is 5.91 Å². The number of hydrogen-bond acceptors (Lipinski definition) is 2. The number of amides is 1. The van der Waals surface area contributed by atoms with Gasteiger partial charge in [0.15, 0.2) is 0 Å². The van der Waals surface area contributed by atoms with E-state index in [4.69, 9.17) is 0 Å². The van der Waals surface area contributed by atoms with E-state index in [1.165, 1.54) is 11.3 Å². The molecule has 2 aromatic rings. The van der Waals surface area contributed by atoms with E-state index < -0.39 is 0 Å². The molecule has 2 rings (SSSR count). The fourth-order valence-corrected chi connectivity index (χ4v) is 2.32. The Bertz CT molecular complexity index is 590. The van der Waals surface area contributed by atoms with Gasteiger partial charge < -0.3 is 5.32 Å². The van der Waals surface area contributed by atoms with Crippen LogP contribution >= 0.6 is 11.3 Å². The van der Waals surface area contributed by atoms with Crippen molar-refractivity contribution in [2.75, 3.05) is 6.54 Å². The number of carbonyl (C=O) groups is 1. The van der Waals surface area contributed by atoms with Crippen molar-refractivity contribution >= 4 is 17.2 Å². The molecule has 0 aliphatic rings. The molecule has 18 heavy (non-hydrogen) atoms. The van der Waals surface area contributed by atoms with Crippen molar-refractivity contribution < 1.29 is 4.79 Å². The Morgan fingerprint density at radius 3 is 2.72 bits per heavy atom. The Balaban J connectivity index is 1.89. The van der Waals surface area contributed by atoms with Crippen molar-refractivity contribution in [1.29, 1.82) is 0 Å². The average molecular weight is 255 g/mol. The van der Waals surface area contributed by atoms with Crippen molar-refractivity contribution in [3.8, 4) is 11.8 Å². The topological polar surface area (TPSA) is 29.1 Å². The first-order valence-corrected chi connectivity index (χ1v) is 6.51. The largest absolute Gasteiger partial charge is 0.340 e. The molecule has 0 atom stereocenters. The van der Waals surface area contributed by atoms with Crippen LogP contribution in [0.4, 0.5) is 0 Å². The number of rotatable bonds is 2. The molecule has 0 fully saturated rings. The van der Waals surface area contributed by atoms with Crippen LogP contribution < -0.4 is 5.32 Å².